The molecule has 38 heavy (non-hydrogen) atoms. The highest BCUT2D eigenvalue weighted by Crippen LogP contribution is 2.77. The Bertz CT molecular complexity index is 1420. The maximum absolute atomic E-state index is 13.9. The number of halogens is 7. The molecule has 3 aliphatic rings. The van der Waals surface area contributed by atoms with Crippen molar-refractivity contribution < 1.29 is 19.3 Å². The highest BCUT2D eigenvalue weighted by molar-refractivity contribution is 9.10. The van der Waals surface area contributed by atoms with Crippen LogP contribution >= 0.6 is 85.5 Å². The average molecular weight is 703 g/mol. The van der Waals surface area contributed by atoms with Gasteiger partial charge >= 0.3 is 0 Å². The normalized spacial score (nSPS) is 29.2. The van der Waals surface area contributed by atoms with Crippen LogP contribution in [-0.2, 0) is 16.1 Å². The minimum Gasteiger partial charge on any atom is -0.272 e. The molecule has 0 radical (unpaired) electrons. The van der Waals surface area contributed by atoms with Gasteiger partial charge in [-0.25, -0.2) is 5.01 Å². The third-order valence-electron chi connectivity index (χ3n) is 6.94. The number of benzene rings is 2. The number of nitro benzene ring substituents is 1. The summed E-state index contributed by atoms with van der Waals surface area (Å²) in [5.41, 5.74) is -0.372. The molecule has 0 unspecified atom stereocenters. The molecular weight excluding hydrogens is 691 g/mol. The maximum atomic E-state index is 13.9. The molecule has 2 aromatic rings. The number of hydrogen-bond donors (Lipinski definition) is 0. The molecule has 15 heteroatoms. The molecule has 0 spiro atoms. The zero-order valence-electron chi connectivity index (χ0n) is 18.5. The van der Waals surface area contributed by atoms with Crippen molar-refractivity contribution in [1.82, 2.24) is 10.0 Å². The summed E-state index contributed by atoms with van der Waals surface area (Å²) in [4.78, 5) is 48.4. The molecule has 2 aromatic carbocycles. The van der Waals surface area contributed by atoms with E-state index in [0.29, 0.717) is 10.6 Å². The van der Waals surface area contributed by atoms with E-state index in [1.165, 1.54) is 18.2 Å². The summed E-state index contributed by atoms with van der Waals surface area (Å²) in [7, 11) is 0. The smallest absolute Gasteiger partial charge is 0.272 e. The van der Waals surface area contributed by atoms with Gasteiger partial charge in [0, 0.05) is 10.5 Å². The molecule has 2 bridgehead atoms. The van der Waals surface area contributed by atoms with Crippen LogP contribution in [0, 0.1) is 22.0 Å². The van der Waals surface area contributed by atoms with E-state index in [2.05, 4.69) is 15.9 Å². The van der Waals surface area contributed by atoms with Crippen molar-refractivity contribution in [1.29, 1.82) is 0 Å². The third kappa shape index (κ3) is 3.46. The van der Waals surface area contributed by atoms with Gasteiger partial charge in [-0.15, -0.1) is 23.2 Å². The first-order valence-corrected chi connectivity index (χ1v) is 13.8. The Morgan fingerprint density at radius 2 is 1.45 bits per heavy atom. The summed E-state index contributed by atoms with van der Waals surface area (Å²) in [5, 5.41) is 12.5. The Hall–Kier alpha value is -1.59. The summed E-state index contributed by atoms with van der Waals surface area (Å²) in [6.45, 7) is -0.318. The quantitative estimate of drug-likeness (QED) is 0.156. The van der Waals surface area contributed by atoms with Gasteiger partial charge in [0.05, 0.1) is 33.4 Å². The molecule has 0 aromatic heterocycles. The first-order valence-electron chi connectivity index (χ1n) is 10.7. The molecule has 1 aliphatic heterocycles. The molecule has 1 saturated carbocycles. The van der Waals surface area contributed by atoms with Crippen molar-refractivity contribution in [2.75, 3.05) is 0 Å². The number of para-hydroxylation sites is 1. The van der Waals surface area contributed by atoms with E-state index in [9.17, 15) is 24.5 Å². The van der Waals surface area contributed by atoms with E-state index in [0.717, 1.165) is 15.5 Å². The molecule has 1 saturated heterocycles. The van der Waals surface area contributed by atoms with Crippen molar-refractivity contribution in [3.05, 3.63) is 84.3 Å². The average Bonchev–Trinajstić information content (AvgIpc) is 3.26. The van der Waals surface area contributed by atoms with Crippen molar-refractivity contribution in [3.8, 4) is 0 Å². The van der Waals surface area contributed by atoms with Crippen LogP contribution in [0.5, 0.6) is 0 Å². The van der Waals surface area contributed by atoms with Gasteiger partial charge in [-0.05, 0) is 23.8 Å². The third-order valence-corrected chi connectivity index (χ3v) is 11.7. The number of allylic oxidation sites excluding steroid dienone is 2. The van der Waals surface area contributed by atoms with Gasteiger partial charge in [-0.2, -0.15) is 5.01 Å². The fraction of sp³-hybridized carbons (Fsp3) is 0.261. The van der Waals surface area contributed by atoms with E-state index >= 15 is 0 Å². The van der Waals surface area contributed by atoms with Gasteiger partial charge < -0.3 is 0 Å². The van der Waals surface area contributed by atoms with Gasteiger partial charge in [0.15, 0.2) is 4.33 Å². The highest BCUT2D eigenvalue weighted by atomic mass is 79.9. The number of hydrogen-bond acceptors (Lipinski definition) is 5. The minimum absolute atomic E-state index is 0.283. The predicted octanol–water partition coefficient (Wildman–Crippen LogP) is 6.36. The first-order chi connectivity index (χ1) is 17.7. The number of nitrogens with zero attached hydrogens (tertiary/aromatic N) is 3. The molecule has 2 fully saturated rings. The summed E-state index contributed by atoms with van der Waals surface area (Å²) in [6.07, 6.45) is 0. The van der Waals surface area contributed by atoms with Crippen molar-refractivity contribution in [2.45, 2.75) is 20.6 Å². The van der Waals surface area contributed by atoms with Gasteiger partial charge in [-0.1, -0.05) is 86.6 Å². The number of hydrazine groups is 1. The Morgan fingerprint density at radius 3 is 1.95 bits per heavy atom. The van der Waals surface area contributed by atoms with E-state index in [4.69, 9.17) is 69.6 Å². The Labute approximate surface area is 253 Å². The monoisotopic (exact) mass is 699 g/mol. The molecule has 4 atom stereocenters. The molecule has 2 aliphatic carbocycles. The van der Waals surface area contributed by atoms with E-state index < -0.39 is 54.2 Å². The molecule has 5 rings (SSSR count). The second-order valence-electron chi connectivity index (χ2n) is 8.83. The van der Waals surface area contributed by atoms with Crippen molar-refractivity contribution in [3.63, 3.8) is 0 Å². The molecule has 1 heterocycles. The second kappa shape index (κ2) is 9.23. The molecule has 198 valence electrons. The summed E-state index contributed by atoms with van der Waals surface area (Å²) >= 11 is 42.6. The lowest BCUT2D eigenvalue weighted by molar-refractivity contribution is -0.385. The zero-order valence-corrected chi connectivity index (χ0v) is 24.6. The Kier molecular flexibility index (Phi) is 6.79. The number of carbonyl (C=O) groups is 3. The number of fused-ring (bicyclic) bond motifs is 5. The van der Waals surface area contributed by atoms with Gasteiger partial charge in [0.25, 0.3) is 23.4 Å². The van der Waals surface area contributed by atoms with Crippen LogP contribution in [0.15, 0.2) is 63.1 Å². The van der Waals surface area contributed by atoms with Crippen LogP contribution in [-0.4, -0.2) is 46.7 Å². The van der Waals surface area contributed by atoms with Gasteiger partial charge in [0.2, 0.25) is 0 Å². The molecule has 8 nitrogen and oxygen atoms in total. The fourth-order valence-electron chi connectivity index (χ4n) is 5.17. The highest BCUT2D eigenvalue weighted by Gasteiger charge is 2.88. The van der Waals surface area contributed by atoms with Crippen LogP contribution < -0.4 is 0 Å². The van der Waals surface area contributed by atoms with Crippen LogP contribution in [0.3, 0.4) is 0 Å². The topological polar surface area (TPSA) is 101 Å². The van der Waals surface area contributed by atoms with E-state index in [1.54, 1.807) is 24.3 Å². The number of amides is 3. The van der Waals surface area contributed by atoms with Crippen LogP contribution in [0.2, 0.25) is 0 Å². The second-order valence-corrected chi connectivity index (χ2v) is 13.0. The number of imide groups is 1. The SMILES string of the molecule is O=C(c1ccccc1[N+](=O)[O-])N(Cc1ccc(Br)cc1)N1C(=O)[C@@H]2[C@@H](C1=O)[C@@]1(Cl)C(Cl)=C(Cl)[C@@]2(Cl)C1(Cl)Cl. The number of carbonyl (C=O) groups excluding carboxylic acids is 3. The fourth-order valence-corrected chi connectivity index (χ4v) is 8.36. The minimum atomic E-state index is -2.15. The number of alkyl halides is 4. The van der Waals surface area contributed by atoms with Gasteiger partial charge in [-0.3, -0.25) is 24.5 Å². The Morgan fingerprint density at radius 1 is 0.947 bits per heavy atom. The summed E-state index contributed by atoms with van der Waals surface area (Å²) in [6, 6.07) is 11.8. The molecular formula is C23H12BrCl6N3O5. The van der Waals surface area contributed by atoms with E-state index in [1.807, 2.05) is 0 Å². The lowest BCUT2D eigenvalue weighted by Gasteiger charge is -2.37. The van der Waals surface area contributed by atoms with Crippen LogP contribution in [0.1, 0.15) is 15.9 Å². The molecule has 3 amide bonds. The first kappa shape index (κ1) is 28.0. The lowest BCUT2D eigenvalue weighted by Crippen LogP contribution is -2.55. The summed E-state index contributed by atoms with van der Waals surface area (Å²) < 4.78 is -1.41. The predicted molar refractivity (Wildman–Crippen MR) is 146 cm³/mol. The van der Waals surface area contributed by atoms with Crippen molar-refractivity contribution >= 4 is 109 Å². The molecule has 0 N–H and O–H groups in total. The van der Waals surface area contributed by atoms with E-state index in [-0.39, 0.29) is 22.2 Å². The number of rotatable bonds is 5. The standard InChI is InChI=1S/C23H12BrCl6N3O5/c24-11-7-5-10(6-8-11)9-31(18(34)12-3-1-2-4-13(12)33(37)38)32-19(35)14-15(20(32)36)22(28)17(26)16(25)21(14,27)23(22,29)30/h1-8,14-15H,9H2/t14-,15-,21+,22+/m0/s1. The summed E-state index contributed by atoms with van der Waals surface area (Å²) in [5.74, 6) is -5.88. The zero-order chi connectivity index (χ0) is 27.9. The van der Waals surface area contributed by atoms with Crippen LogP contribution in [0.4, 0.5) is 5.69 Å². The lowest BCUT2D eigenvalue weighted by atomic mass is 9.84. The maximum Gasteiger partial charge on any atom is 0.282 e. The number of nitro groups is 1. The Balaban J connectivity index is 1.64. The van der Waals surface area contributed by atoms with Crippen LogP contribution in [0.25, 0.3) is 0 Å². The van der Waals surface area contributed by atoms with Crippen molar-refractivity contribution in [2.24, 2.45) is 11.8 Å². The largest absolute Gasteiger partial charge is 0.282 e. The van der Waals surface area contributed by atoms with Gasteiger partial charge in [0.1, 0.15) is 15.3 Å².